The van der Waals surface area contributed by atoms with Crippen molar-refractivity contribution in [1.29, 1.82) is 0 Å². The van der Waals surface area contributed by atoms with Gasteiger partial charge in [0.15, 0.2) is 0 Å². The Hall–Kier alpha value is -3.43. The summed E-state index contributed by atoms with van der Waals surface area (Å²) in [6.45, 7) is 0.173. The highest BCUT2D eigenvalue weighted by atomic mass is 19.4. The van der Waals surface area contributed by atoms with Crippen molar-refractivity contribution in [3.8, 4) is 0 Å². The second-order valence-corrected chi connectivity index (χ2v) is 8.14. The first-order chi connectivity index (χ1) is 16.2. The highest BCUT2D eigenvalue weighted by Crippen LogP contribution is 2.21. The molecule has 0 fully saturated rings. The molecule has 0 aliphatic rings. The lowest BCUT2D eigenvalue weighted by Gasteiger charge is -2.16. The van der Waals surface area contributed by atoms with E-state index in [9.17, 15) is 27.2 Å². The smallest absolute Gasteiger partial charge is 0.326 e. The highest BCUT2D eigenvalue weighted by Gasteiger charge is 2.31. The average Bonchev–Trinajstić information content (AvgIpc) is 3.15. The van der Waals surface area contributed by atoms with Crippen molar-refractivity contribution in [2.75, 3.05) is 6.67 Å². The third-order valence-electron chi connectivity index (χ3n) is 5.83. The number of unbranched alkanes of at least 4 members (excludes halogenated alkanes) is 1. The maximum Gasteiger partial charge on any atom is 0.406 e. The molecule has 0 atom stereocenters. The van der Waals surface area contributed by atoms with E-state index in [1.54, 1.807) is 6.07 Å². The predicted molar refractivity (Wildman–Crippen MR) is 122 cm³/mol. The number of imidazole rings is 1. The van der Waals surface area contributed by atoms with Crippen LogP contribution >= 0.6 is 0 Å². The van der Waals surface area contributed by atoms with E-state index >= 15 is 0 Å². The molecule has 180 valence electrons. The molecule has 0 bridgehead atoms. The number of fused-ring (bicyclic) bond motifs is 2. The van der Waals surface area contributed by atoms with Gasteiger partial charge >= 0.3 is 11.9 Å². The topological polar surface area (TPSA) is 61.8 Å². The zero-order valence-electron chi connectivity index (χ0n) is 18.6. The molecule has 0 unspecified atom stereocenters. The van der Waals surface area contributed by atoms with Gasteiger partial charge in [0.1, 0.15) is 12.4 Å². The van der Waals surface area contributed by atoms with Gasteiger partial charge in [-0.1, -0.05) is 25.1 Å². The second kappa shape index (κ2) is 9.44. The van der Waals surface area contributed by atoms with Crippen LogP contribution in [0.25, 0.3) is 21.9 Å². The lowest BCUT2D eigenvalue weighted by atomic mass is 10.1. The van der Waals surface area contributed by atoms with E-state index in [0.717, 1.165) is 22.1 Å². The van der Waals surface area contributed by atoms with Gasteiger partial charge in [0.25, 0.3) is 5.56 Å². The van der Waals surface area contributed by atoms with Crippen molar-refractivity contribution < 1.29 is 17.6 Å². The molecule has 10 heteroatoms. The van der Waals surface area contributed by atoms with E-state index in [-0.39, 0.29) is 22.0 Å². The van der Waals surface area contributed by atoms with Crippen LogP contribution in [0.1, 0.15) is 31.2 Å². The number of aryl methyl sites for hydroxylation is 2. The summed E-state index contributed by atoms with van der Waals surface area (Å²) in [6.07, 6.45) is -3.05. The maximum atomic E-state index is 13.2. The van der Waals surface area contributed by atoms with Crippen LogP contribution in [-0.4, -0.2) is 31.5 Å². The molecule has 0 aliphatic heterocycles. The van der Waals surface area contributed by atoms with Crippen LogP contribution in [0.2, 0.25) is 0 Å². The van der Waals surface area contributed by atoms with Crippen LogP contribution in [0, 0.1) is 0 Å². The van der Waals surface area contributed by atoms with Crippen molar-refractivity contribution in [1.82, 2.24) is 18.7 Å². The Morgan fingerprint density at radius 3 is 2.41 bits per heavy atom. The average molecular weight is 476 g/mol. The third kappa shape index (κ3) is 4.62. The van der Waals surface area contributed by atoms with E-state index < -0.39 is 30.6 Å². The summed E-state index contributed by atoms with van der Waals surface area (Å²) in [6, 6.07) is 11.9. The van der Waals surface area contributed by atoms with Gasteiger partial charge in [-0.2, -0.15) is 13.2 Å². The highest BCUT2D eigenvalue weighted by molar-refractivity contribution is 5.79. The van der Waals surface area contributed by atoms with Gasteiger partial charge in [-0.05, 0) is 49.1 Å². The van der Waals surface area contributed by atoms with Crippen molar-refractivity contribution in [2.45, 2.75) is 52.0 Å². The zero-order chi connectivity index (χ0) is 24.5. The van der Waals surface area contributed by atoms with Crippen LogP contribution < -0.4 is 11.2 Å². The summed E-state index contributed by atoms with van der Waals surface area (Å²) in [5.41, 5.74) is 0.736. The van der Waals surface area contributed by atoms with E-state index in [0.29, 0.717) is 30.7 Å². The van der Waals surface area contributed by atoms with Crippen molar-refractivity contribution in [2.24, 2.45) is 0 Å². The second-order valence-electron chi connectivity index (χ2n) is 8.14. The summed E-state index contributed by atoms with van der Waals surface area (Å²) in [5.74, 6) is 0.451. The van der Waals surface area contributed by atoms with Crippen molar-refractivity contribution in [3.05, 3.63) is 74.7 Å². The van der Waals surface area contributed by atoms with Crippen molar-refractivity contribution in [3.63, 3.8) is 0 Å². The molecule has 0 spiro atoms. The number of halogens is 4. The Labute approximate surface area is 192 Å². The maximum absolute atomic E-state index is 13.2. The van der Waals surface area contributed by atoms with Gasteiger partial charge in [-0.3, -0.25) is 18.3 Å². The van der Waals surface area contributed by atoms with Crippen LogP contribution in [0.5, 0.6) is 0 Å². The first kappa shape index (κ1) is 23.7. The van der Waals surface area contributed by atoms with Gasteiger partial charge < -0.3 is 4.57 Å². The largest absolute Gasteiger partial charge is 0.406 e. The van der Waals surface area contributed by atoms with E-state index in [4.69, 9.17) is 0 Å². The summed E-state index contributed by atoms with van der Waals surface area (Å²) in [7, 11) is 0. The van der Waals surface area contributed by atoms with E-state index in [1.165, 1.54) is 18.2 Å². The molecule has 0 saturated heterocycles. The fraction of sp³-hybridized carbons (Fsp3) is 0.375. The minimum atomic E-state index is -4.74. The van der Waals surface area contributed by atoms with Crippen LogP contribution in [0.3, 0.4) is 0 Å². The summed E-state index contributed by atoms with van der Waals surface area (Å²) in [5, 5.41) is 0.0136. The molecule has 0 aliphatic carbocycles. The van der Waals surface area contributed by atoms with Gasteiger partial charge in [0, 0.05) is 6.54 Å². The number of benzene rings is 2. The number of hydrogen-bond acceptors (Lipinski definition) is 3. The molecule has 0 radical (unpaired) electrons. The first-order valence-corrected chi connectivity index (χ1v) is 11.1. The van der Waals surface area contributed by atoms with Crippen LogP contribution in [-0.2, 0) is 26.1 Å². The molecule has 2 aromatic heterocycles. The summed E-state index contributed by atoms with van der Waals surface area (Å²) >= 11 is 0. The Morgan fingerprint density at radius 1 is 0.941 bits per heavy atom. The molecule has 2 heterocycles. The van der Waals surface area contributed by atoms with Crippen molar-refractivity contribution >= 4 is 21.9 Å². The fourth-order valence-corrected chi connectivity index (χ4v) is 4.16. The molecule has 6 nitrogen and oxygen atoms in total. The van der Waals surface area contributed by atoms with Crippen LogP contribution in [0.4, 0.5) is 17.6 Å². The van der Waals surface area contributed by atoms with Crippen LogP contribution in [0.15, 0.2) is 52.1 Å². The quantitative estimate of drug-likeness (QED) is 0.279. The molecule has 2 aromatic carbocycles. The Balaban J connectivity index is 1.91. The summed E-state index contributed by atoms with van der Waals surface area (Å²) < 4.78 is 55.4. The predicted octanol–water partition coefficient (Wildman–Crippen LogP) is 4.44. The fourth-order valence-electron chi connectivity index (χ4n) is 4.16. The van der Waals surface area contributed by atoms with Gasteiger partial charge in [-0.15, -0.1) is 0 Å². The number of rotatable bonds is 8. The molecule has 0 N–H and O–H groups in total. The van der Waals surface area contributed by atoms with Gasteiger partial charge in [0.2, 0.25) is 0 Å². The third-order valence-corrected chi connectivity index (χ3v) is 5.83. The minimum Gasteiger partial charge on any atom is -0.326 e. The molecule has 0 saturated carbocycles. The Bertz CT molecular complexity index is 1450. The minimum absolute atomic E-state index is 0.0136. The number of aromatic nitrogens is 4. The normalized spacial score (nSPS) is 12.1. The van der Waals surface area contributed by atoms with Gasteiger partial charge in [-0.25, -0.2) is 9.78 Å². The monoisotopic (exact) mass is 476 g/mol. The standard InChI is InChI=1S/C24H24F4N4O2/c1-2-16-9-10-20-18(13-16)29-21(30(20)12-6-5-11-25)14-31-19-8-4-3-7-17(19)22(33)32(23(31)34)15-24(26,27)28/h3-4,7-10,13H,2,5-6,11-12,14-15H2,1H3. The number of hydrogen-bond donors (Lipinski definition) is 0. The van der Waals surface area contributed by atoms with E-state index in [1.807, 2.05) is 29.7 Å². The molecule has 0 amide bonds. The number of para-hydroxylation sites is 1. The Kier molecular flexibility index (Phi) is 6.58. The lowest BCUT2D eigenvalue weighted by Crippen LogP contribution is -2.43. The lowest BCUT2D eigenvalue weighted by molar-refractivity contribution is -0.141. The molecule has 34 heavy (non-hydrogen) atoms. The number of nitrogens with zero attached hydrogens (tertiary/aromatic N) is 4. The van der Waals surface area contributed by atoms with Gasteiger partial charge in [0.05, 0.1) is 35.2 Å². The first-order valence-electron chi connectivity index (χ1n) is 11.1. The number of alkyl halides is 4. The zero-order valence-corrected chi connectivity index (χ0v) is 18.6. The summed E-state index contributed by atoms with van der Waals surface area (Å²) in [4.78, 5) is 30.5. The Morgan fingerprint density at radius 2 is 1.71 bits per heavy atom. The van der Waals surface area contributed by atoms with E-state index in [2.05, 4.69) is 4.98 Å². The molecular formula is C24H24F4N4O2. The SMILES string of the molecule is CCc1ccc2c(c1)nc(Cn1c(=O)n(CC(F)(F)F)c(=O)c3ccccc31)n2CCCCF. The molecule has 4 aromatic rings. The molecular weight excluding hydrogens is 452 g/mol. The molecule has 4 rings (SSSR count).